The van der Waals surface area contributed by atoms with Crippen LogP contribution >= 0.6 is 11.6 Å². The van der Waals surface area contributed by atoms with Crippen molar-refractivity contribution in [2.24, 2.45) is 0 Å². The Kier molecular flexibility index (Phi) is 7.95. The predicted octanol–water partition coefficient (Wildman–Crippen LogP) is 4.47. The fourth-order valence-electron chi connectivity index (χ4n) is 4.35. The molecule has 0 spiro atoms. The minimum atomic E-state index is -0.473. The van der Waals surface area contributed by atoms with Crippen LogP contribution in [0.3, 0.4) is 0 Å². The SMILES string of the molecule is COC(=O)c1ccccc1NC(=O)CN1CCN([C@@H](c2ccccc2)c2ccc(Cl)cc2)CC1. The van der Waals surface area contributed by atoms with Gasteiger partial charge in [0.1, 0.15) is 0 Å². The van der Waals surface area contributed by atoms with E-state index in [-0.39, 0.29) is 18.5 Å². The quantitative estimate of drug-likeness (QED) is 0.509. The van der Waals surface area contributed by atoms with E-state index in [0.29, 0.717) is 11.3 Å². The van der Waals surface area contributed by atoms with E-state index in [2.05, 4.69) is 51.5 Å². The average molecular weight is 478 g/mol. The molecule has 0 unspecified atom stereocenters. The van der Waals surface area contributed by atoms with Crippen LogP contribution in [0.25, 0.3) is 0 Å². The van der Waals surface area contributed by atoms with E-state index in [4.69, 9.17) is 16.3 Å². The third-order valence-corrected chi connectivity index (χ3v) is 6.30. The molecule has 1 amide bonds. The van der Waals surface area contributed by atoms with Crippen molar-refractivity contribution in [1.29, 1.82) is 0 Å². The summed E-state index contributed by atoms with van der Waals surface area (Å²) in [6.45, 7) is 3.45. The van der Waals surface area contributed by atoms with Crippen molar-refractivity contribution in [1.82, 2.24) is 9.80 Å². The molecule has 1 fully saturated rings. The van der Waals surface area contributed by atoms with Crippen molar-refractivity contribution in [3.05, 3.63) is 101 Å². The first-order chi connectivity index (χ1) is 16.5. The molecule has 0 bridgehead atoms. The van der Waals surface area contributed by atoms with Crippen LogP contribution in [0.5, 0.6) is 0 Å². The van der Waals surface area contributed by atoms with Gasteiger partial charge in [-0.15, -0.1) is 0 Å². The highest BCUT2D eigenvalue weighted by atomic mass is 35.5. The van der Waals surface area contributed by atoms with Crippen LogP contribution in [0.15, 0.2) is 78.9 Å². The Labute approximate surface area is 205 Å². The molecule has 1 heterocycles. The first-order valence-corrected chi connectivity index (χ1v) is 11.7. The van der Waals surface area contributed by atoms with Gasteiger partial charge in [-0.05, 0) is 35.4 Å². The highest BCUT2D eigenvalue weighted by molar-refractivity contribution is 6.30. The van der Waals surface area contributed by atoms with Crippen molar-refractivity contribution in [2.75, 3.05) is 45.2 Å². The zero-order valence-corrected chi connectivity index (χ0v) is 19.9. The molecule has 7 heteroatoms. The van der Waals surface area contributed by atoms with Gasteiger partial charge in [-0.25, -0.2) is 4.79 Å². The van der Waals surface area contributed by atoms with Crippen LogP contribution in [-0.4, -0.2) is 61.5 Å². The minimum absolute atomic E-state index is 0.126. The molecule has 1 atom stereocenters. The maximum absolute atomic E-state index is 12.7. The number of hydrogen-bond donors (Lipinski definition) is 1. The highest BCUT2D eigenvalue weighted by Crippen LogP contribution is 2.30. The minimum Gasteiger partial charge on any atom is -0.465 e. The Hall–Kier alpha value is -3.19. The smallest absolute Gasteiger partial charge is 0.339 e. The molecular weight excluding hydrogens is 450 g/mol. The second-order valence-corrected chi connectivity index (χ2v) is 8.70. The molecule has 0 radical (unpaired) electrons. The molecule has 4 rings (SSSR count). The van der Waals surface area contributed by atoms with Crippen LogP contribution in [-0.2, 0) is 9.53 Å². The normalized spacial score (nSPS) is 15.5. The molecule has 1 saturated heterocycles. The lowest BCUT2D eigenvalue weighted by molar-refractivity contribution is -0.117. The third kappa shape index (κ3) is 5.83. The molecule has 1 N–H and O–H groups in total. The first-order valence-electron chi connectivity index (χ1n) is 11.3. The fourth-order valence-corrected chi connectivity index (χ4v) is 4.47. The summed E-state index contributed by atoms with van der Waals surface area (Å²) in [4.78, 5) is 29.2. The predicted molar refractivity (Wildman–Crippen MR) is 134 cm³/mol. The van der Waals surface area contributed by atoms with Gasteiger partial charge >= 0.3 is 5.97 Å². The summed E-state index contributed by atoms with van der Waals surface area (Å²) in [5.74, 6) is -0.624. The van der Waals surface area contributed by atoms with Gasteiger partial charge in [0.2, 0.25) is 5.91 Å². The number of para-hydroxylation sites is 1. The van der Waals surface area contributed by atoms with Gasteiger partial charge in [-0.3, -0.25) is 14.6 Å². The monoisotopic (exact) mass is 477 g/mol. The van der Waals surface area contributed by atoms with Gasteiger partial charge in [0, 0.05) is 31.2 Å². The number of ether oxygens (including phenoxy) is 1. The Morgan fingerprint density at radius 3 is 2.18 bits per heavy atom. The number of hydrogen-bond acceptors (Lipinski definition) is 5. The molecule has 3 aromatic carbocycles. The van der Waals surface area contributed by atoms with Gasteiger partial charge in [0.25, 0.3) is 0 Å². The average Bonchev–Trinajstić information content (AvgIpc) is 2.87. The van der Waals surface area contributed by atoms with Crippen molar-refractivity contribution < 1.29 is 14.3 Å². The van der Waals surface area contributed by atoms with E-state index in [1.165, 1.54) is 18.2 Å². The topological polar surface area (TPSA) is 61.9 Å². The fraction of sp³-hybridized carbons (Fsp3) is 0.259. The summed E-state index contributed by atoms with van der Waals surface area (Å²) < 4.78 is 4.81. The lowest BCUT2D eigenvalue weighted by Gasteiger charge is -2.39. The van der Waals surface area contributed by atoms with Crippen molar-refractivity contribution in [2.45, 2.75) is 6.04 Å². The molecule has 176 valence electrons. The number of anilines is 1. The molecule has 1 aliphatic rings. The number of amides is 1. The van der Waals surface area contributed by atoms with Gasteiger partial charge in [-0.1, -0.05) is 66.2 Å². The number of halogens is 1. The molecule has 0 saturated carbocycles. The number of carbonyl (C=O) groups excluding carboxylic acids is 2. The van der Waals surface area contributed by atoms with Crippen molar-refractivity contribution >= 4 is 29.2 Å². The zero-order valence-electron chi connectivity index (χ0n) is 19.1. The van der Waals surface area contributed by atoms with Gasteiger partial charge in [0.15, 0.2) is 0 Å². The Morgan fingerprint density at radius 1 is 0.882 bits per heavy atom. The summed E-state index contributed by atoms with van der Waals surface area (Å²) >= 11 is 6.13. The largest absolute Gasteiger partial charge is 0.465 e. The van der Waals surface area contributed by atoms with Crippen LogP contribution in [0.1, 0.15) is 27.5 Å². The van der Waals surface area contributed by atoms with Crippen molar-refractivity contribution in [3.8, 4) is 0 Å². The van der Waals surface area contributed by atoms with Crippen LogP contribution in [0.2, 0.25) is 5.02 Å². The molecule has 34 heavy (non-hydrogen) atoms. The summed E-state index contributed by atoms with van der Waals surface area (Å²) in [7, 11) is 1.33. The molecular formula is C27H28ClN3O3. The van der Waals surface area contributed by atoms with Crippen LogP contribution in [0.4, 0.5) is 5.69 Å². The van der Waals surface area contributed by atoms with E-state index in [9.17, 15) is 9.59 Å². The lowest BCUT2D eigenvalue weighted by Crippen LogP contribution is -2.49. The number of benzene rings is 3. The maximum Gasteiger partial charge on any atom is 0.339 e. The molecule has 3 aromatic rings. The third-order valence-electron chi connectivity index (χ3n) is 6.05. The van der Waals surface area contributed by atoms with Crippen LogP contribution < -0.4 is 5.32 Å². The number of methoxy groups -OCH3 is 1. The first kappa shape index (κ1) is 24.0. The highest BCUT2D eigenvalue weighted by Gasteiger charge is 2.27. The van der Waals surface area contributed by atoms with E-state index in [1.807, 2.05) is 18.2 Å². The van der Waals surface area contributed by atoms with E-state index in [0.717, 1.165) is 31.2 Å². The summed E-state index contributed by atoms with van der Waals surface area (Å²) in [6.07, 6.45) is 0. The molecule has 6 nitrogen and oxygen atoms in total. The second-order valence-electron chi connectivity index (χ2n) is 8.26. The molecule has 1 aliphatic heterocycles. The number of piperazine rings is 1. The van der Waals surface area contributed by atoms with Gasteiger partial charge in [-0.2, -0.15) is 0 Å². The lowest BCUT2D eigenvalue weighted by atomic mass is 9.96. The molecule has 0 aromatic heterocycles. The Morgan fingerprint density at radius 2 is 1.50 bits per heavy atom. The van der Waals surface area contributed by atoms with Crippen molar-refractivity contribution in [3.63, 3.8) is 0 Å². The Bertz CT molecular complexity index is 1110. The number of carbonyl (C=O) groups is 2. The summed E-state index contributed by atoms with van der Waals surface area (Å²) in [5.41, 5.74) is 3.23. The molecule has 0 aliphatic carbocycles. The number of nitrogens with one attached hydrogen (secondary N) is 1. The van der Waals surface area contributed by atoms with E-state index in [1.54, 1.807) is 24.3 Å². The number of rotatable bonds is 7. The number of esters is 1. The summed E-state index contributed by atoms with van der Waals surface area (Å²) in [5, 5.41) is 3.58. The van der Waals surface area contributed by atoms with E-state index >= 15 is 0 Å². The standard InChI is InChI=1S/C27H28ClN3O3/c1-34-27(33)23-9-5-6-10-24(23)29-25(32)19-30-15-17-31(18-16-30)26(20-7-3-2-4-8-20)21-11-13-22(28)14-12-21/h2-14,26H,15-19H2,1H3,(H,29,32)/t26-/m0/s1. The van der Waals surface area contributed by atoms with Gasteiger partial charge < -0.3 is 10.1 Å². The van der Waals surface area contributed by atoms with Gasteiger partial charge in [0.05, 0.1) is 30.9 Å². The second kappa shape index (κ2) is 11.3. The zero-order chi connectivity index (χ0) is 23.9. The van der Waals surface area contributed by atoms with E-state index < -0.39 is 5.97 Å². The Balaban J connectivity index is 1.40. The number of nitrogens with zero attached hydrogens (tertiary/aromatic N) is 2. The maximum atomic E-state index is 12.7. The summed E-state index contributed by atoms with van der Waals surface area (Å²) in [6, 6.07) is 25.5. The van der Waals surface area contributed by atoms with Crippen LogP contribution in [0, 0.1) is 0 Å².